The molecule has 6 N–H and O–H groups in total. The second kappa shape index (κ2) is 28.3. The molecular formula is C54H68FIN8O12S2. The number of β-amino-alcohol motifs (C(OH)–C–C–N with tert-alkyl or cyclic N) is 1. The van der Waals surface area contributed by atoms with E-state index in [-0.39, 0.29) is 118 Å². The minimum absolute atomic E-state index is 0.00932. The summed E-state index contributed by atoms with van der Waals surface area (Å²) in [5.41, 5.74) is 4.46. The minimum atomic E-state index is -4.17. The Balaban J connectivity index is 0.815. The summed E-state index contributed by atoms with van der Waals surface area (Å²) in [6.07, 6.45) is -0.850. The van der Waals surface area contributed by atoms with E-state index in [0.717, 1.165) is 21.7 Å². The Morgan fingerprint density at radius 1 is 0.872 bits per heavy atom. The summed E-state index contributed by atoms with van der Waals surface area (Å²) < 4.78 is 68.1. The van der Waals surface area contributed by atoms with Gasteiger partial charge in [-0.15, -0.1) is 11.3 Å². The van der Waals surface area contributed by atoms with Crippen LogP contribution in [-0.2, 0) is 61.6 Å². The highest BCUT2D eigenvalue weighted by atomic mass is 127. The first kappa shape index (κ1) is 61.3. The molecule has 1 aliphatic rings. The topological polar surface area (TPSA) is 258 Å². The largest absolute Gasteiger partial charge is 0.391 e. The van der Waals surface area contributed by atoms with Crippen LogP contribution in [0.3, 0.4) is 0 Å². The molecule has 5 aromatic rings. The highest BCUT2D eigenvalue weighted by Crippen LogP contribution is 2.31. The number of rotatable bonds is 27. The maximum absolute atomic E-state index is 14.7. The van der Waals surface area contributed by atoms with Crippen molar-refractivity contribution in [1.29, 1.82) is 0 Å². The Morgan fingerprint density at radius 2 is 1.51 bits per heavy atom. The summed E-state index contributed by atoms with van der Waals surface area (Å²) in [6.45, 7) is 12.2. The van der Waals surface area contributed by atoms with Crippen molar-refractivity contribution in [2.24, 2.45) is 12.5 Å². The molecule has 20 nitrogen and oxygen atoms in total. The van der Waals surface area contributed by atoms with Crippen molar-refractivity contribution in [1.82, 2.24) is 30.4 Å². The number of aliphatic hydroxyl groups excluding tert-OH is 1. The van der Waals surface area contributed by atoms with Crippen molar-refractivity contribution < 1.29 is 56.0 Å². The Kier molecular flexibility index (Phi) is 22.3. The predicted molar refractivity (Wildman–Crippen MR) is 302 cm³/mol. The molecule has 0 aliphatic carbocycles. The number of nitrogens with one attached hydrogen (secondary N) is 5. The van der Waals surface area contributed by atoms with Gasteiger partial charge in [-0.05, 0) is 102 Å². The second-order valence-corrected chi connectivity index (χ2v) is 23.5. The number of nitrogens with zero attached hydrogens (tertiary/aromatic N) is 3. The van der Waals surface area contributed by atoms with Crippen LogP contribution in [0.2, 0.25) is 0 Å². The van der Waals surface area contributed by atoms with Crippen LogP contribution in [0.4, 0.5) is 21.6 Å². The summed E-state index contributed by atoms with van der Waals surface area (Å²) in [5.74, 6) is -2.23. The number of benzene rings is 3. The maximum atomic E-state index is 14.7. The summed E-state index contributed by atoms with van der Waals surface area (Å²) in [7, 11) is -2.73. The molecular weight excluding hydrogens is 1160 g/mol. The zero-order valence-corrected chi connectivity index (χ0v) is 48.4. The van der Waals surface area contributed by atoms with Crippen LogP contribution in [0.15, 0.2) is 88.0 Å². The van der Waals surface area contributed by atoms with Crippen LogP contribution >= 0.6 is 33.9 Å². The summed E-state index contributed by atoms with van der Waals surface area (Å²) >= 11 is 3.52. The summed E-state index contributed by atoms with van der Waals surface area (Å²) in [6, 6.07) is 17.2. The fraction of sp³-hybridized carbons (Fsp3) is 0.444. The number of hydrogen-bond donors (Lipinski definition) is 6. The van der Waals surface area contributed by atoms with Gasteiger partial charge in [0.05, 0.1) is 97.2 Å². The monoisotopic (exact) mass is 1230 g/mol. The van der Waals surface area contributed by atoms with Crippen LogP contribution in [0.5, 0.6) is 0 Å². The summed E-state index contributed by atoms with van der Waals surface area (Å²) in [5, 5.41) is 22.0. The van der Waals surface area contributed by atoms with Gasteiger partial charge in [0.25, 0.3) is 15.6 Å². The number of sulfonamides is 1. The zero-order valence-electron chi connectivity index (χ0n) is 44.7. The van der Waals surface area contributed by atoms with Gasteiger partial charge in [-0.3, -0.25) is 33.3 Å². The molecule has 0 unspecified atom stereocenters. The van der Waals surface area contributed by atoms with E-state index in [9.17, 15) is 41.9 Å². The average molecular weight is 1230 g/mol. The number of halogens is 2. The Morgan fingerprint density at radius 3 is 2.13 bits per heavy atom. The van der Waals surface area contributed by atoms with E-state index < -0.39 is 62.7 Å². The van der Waals surface area contributed by atoms with E-state index in [4.69, 9.17) is 18.9 Å². The third-order valence-electron chi connectivity index (χ3n) is 12.6. The Bertz CT molecular complexity index is 3050. The van der Waals surface area contributed by atoms with Crippen LogP contribution in [0.25, 0.3) is 10.4 Å². The normalized spacial score (nSPS) is 15.4. The van der Waals surface area contributed by atoms with E-state index in [1.807, 2.05) is 60.7 Å². The SMILES string of the molecule is Cc1ncsc1-c1ccc([C@H](C)NC(=O)[C@@H]2C[C@@H](O)CN2C(=O)[C@@H](NC(=O)COCCOCCOCCOCCNC(=O)Cc2ccc(S(=O)(=O)Nc3cc(C)c(=O)n(C)c3Nc3ccc(I)cc3F)cc2)C(C)(C)C)cc1. The highest BCUT2D eigenvalue weighted by Gasteiger charge is 2.44. The lowest BCUT2D eigenvalue weighted by atomic mass is 9.85. The van der Waals surface area contributed by atoms with Crippen molar-refractivity contribution in [2.75, 3.05) is 76.0 Å². The standard InChI is InChI=1S/C54H68FIN8O12S2/c1-33-26-44(50(63(7)52(33)69)60-43-17-14-39(56)28-42(43)55)62-78(71,72)41-15-8-36(9-16-41)27-46(66)57-18-19-73-20-21-74-22-23-75-24-25-76-31-47(67)61-49(54(4,5)6)53(70)64-30-40(65)29-45(64)51(68)59-34(2)37-10-12-38(13-11-37)48-35(3)58-32-77-48/h8-17,26,28,32,34,40,45,49,60,62,65H,18-25,27,29-31H2,1-7H3,(H,57,66)(H,59,68)(H,61,67)/t34-,40+,45-,49+/m0/s1. The first-order chi connectivity index (χ1) is 37.0. The van der Waals surface area contributed by atoms with E-state index in [2.05, 4.69) is 31.0 Å². The number of aliphatic hydroxyl groups is 1. The van der Waals surface area contributed by atoms with Crippen molar-refractivity contribution in [3.05, 3.63) is 120 Å². The number of anilines is 3. The molecule has 4 atom stereocenters. The molecule has 1 aliphatic heterocycles. The smallest absolute Gasteiger partial charge is 0.262 e. The number of aromatic nitrogens is 2. The number of likely N-dealkylation sites (tertiary alicyclic amines) is 1. The van der Waals surface area contributed by atoms with E-state index >= 15 is 0 Å². The fourth-order valence-corrected chi connectivity index (χ4v) is 10.7. The number of carbonyl (C=O) groups is 4. The molecule has 0 spiro atoms. The lowest BCUT2D eigenvalue weighted by molar-refractivity contribution is -0.144. The van der Waals surface area contributed by atoms with Crippen LogP contribution in [-0.4, -0.2) is 136 Å². The first-order valence-electron chi connectivity index (χ1n) is 25.2. The molecule has 1 saturated heterocycles. The van der Waals surface area contributed by atoms with Crippen molar-refractivity contribution in [3.63, 3.8) is 0 Å². The van der Waals surface area contributed by atoms with Crippen molar-refractivity contribution in [3.8, 4) is 10.4 Å². The predicted octanol–water partition coefficient (Wildman–Crippen LogP) is 5.51. The van der Waals surface area contributed by atoms with E-state index in [1.54, 1.807) is 50.6 Å². The van der Waals surface area contributed by atoms with Gasteiger partial charge in [0.15, 0.2) is 0 Å². The molecule has 0 bridgehead atoms. The van der Waals surface area contributed by atoms with E-state index in [0.29, 0.717) is 9.13 Å². The maximum Gasteiger partial charge on any atom is 0.262 e. The lowest BCUT2D eigenvalue weighted by Gasteiger charge is -2.35. The third kappa shape index (κ3) is 17.3. The quantitative estimate of drug-likeness (QED) is 0.0280. The molecule has 3 heterocycles. The van der Waals surface area contributed by atoms with Crippen LogP contribution < -0.4 is 31.5 Å². The number of hydrogen-bond acceptors (Lipinski definition) is 15. The molecule has 2 aromatic heterocycles. The Labute approximate surface area is 471 Å². The van der Waals surface area contributed by atoms with Gasteiger partial charge in [0, 0.05) is 35.7 Å². The van der Waals surface area contributed by atoms with E-state index in [1.165, 1.54) is 59.0 Å². The molecule has 1 fully saturated rings. The van der Waals surface area contributed by atoms with Crippen LogP contribution in [0.1, 0.15) is 62.5 Å². The number of thiazole rings is 1. The average Bonchev–Trinajstić information content (AvgIpc) is 4.10. The highest BCUT2D eigenvalue weighted by molar-refractivity contribution is 14.1. The first-order valence-corrected chi connectivity index (χ1v) is 28.7. The van der Waals surface area contributed by atoms with Gasteiger partial charge >= 0.3 is 0 Å². The fourth-order valence-electron chi connectivity index (χ4n) is 8.38. The van der Waals surface area contributed by atoms with Gasteiger partial charge in [-0.1, -0.05) is 57.2 Å². The Hall–Kier alpha value is -5.87. The van der Waals surface area contributed by atoms with Gasteiger partial charge < -0.3 is 50.2 Å². The van der Waals surface area contributed by atoms with Crippen molar-refractivity contribution in [2.45, 2.75) is 83.5 Å². The number of pyridine rings is 1. The van der Waals surface area contributed by atoms with Gasteiger partial charge in [0.2, 0.25) is 23.6 Å². The summed E-state index contributed by atoms with van der Waals surface area (Å²) in [4.78, 5) is 72.6. The van der Waals surface area contributed by atoms with Crippen molar-refractivity contribution >= 4 is 84.8 Å². The van der Waals surface area contributed by atoms with Gasteiger partial charge in [0.1, 0.15) is 30.3 Å². The number of carbonyl (C=O) groups excluding carboxylic acids is 4. The molecule has 0 radical (unpaired) electrons. The second-order valence-electron chi connectivity index (χ2n) is 19.8. The minimum Gasteiger partial charge on any atom is -0.391 e. The number of amides is 4. The molecule has 422 valence electrons. The lowest BCUT2D eigenvalue weighted by Crippen LogP contribution is -2.58. The molecule has 3 aromatic carbocycles. The van der Waals surface area contributed by atoms with Gasteiger partial charge in [-0.2, -0.15) is 0 Å². The molecule has 24 heteroatoms. The zero-order chi connectivity index (χ0) is 56.7. The van der Waals surface area contributed by atoms with Crippen LogP contribution in [0, 0.1) is 28.6 Å². The molecule has 4 amide bonds. The number of aryl methyl sites for hydroxylation is 2. The molecule has 6 rings (SSSR count). The number of ether oxygens (including phenoxy) is 4. The molecule has 0 saturated carbocycles. The molecule has 78 heavy (non-hydrogen) atoms. The third-order valence-corrected chi connectivity index (χ3v) is 15.6. The van der Waals surface area contributed by atoms with Gasteiger partial charge in [-0.25, -0.2) is 17.8 Å².